The second-order valence-corrected chi connectivity index (χ2v) is 6.09. The van der Waals surface area contributed by atoms with E-state index < -0.39 is 0 Å². The Morgan fingerprint density at radius 1 is 1.04 bits per heavy atom. The fraction of sp³-hybridized carbons (Fsp3) is 0.200. The monoisotopic (exact) mass is 363 g/mol. The quantitative estimate of drug-likeness (QED) is 0.669. The first-order valence-corrected chi connectivity index (χ1v) is 8.64. The summed E-state index contributed by atoms with van der Waals surface area (Å²) in [5.74, 6) is 0.847. The normalized spacial score (nSPS) is 10.5. The average Bonchev–Trinajstić information content (AvgIpc) is 2.69. The number of pyridine rings is 1. The lowest BCUT2D eigenvalue weighted by Crippen LogP contribution is -2.23. The third-order valence-electron chi connectivity index (χ3n) is 3.57. The number of carbonyl (C=O) groups is 1. The summed E-state index contributed by atoms with van der Waals surface area (Å²) in [6.45, 7) is 4.27. The molecule has 0 spiro atoms. The van der Waals surface area contributed by atoms with Crippen LogP contribution in [0, 0.1) is 0 Å². The summed E-state index contributed by atoms with van der Waals surface area (Å²) in [6, 6.07) is 13.1. The van der Waals surface area contributed by atoms with Crippen LogP contribution >= 0.6 is 0 Å². The van der Waals surface area contributed by atoms with Crippen LogP contribution in [-0.2, 0) is 6.54 Å². The highest BCUT2D eigenvalue weighted by atomic mass is 16.5. The van der Waals surface area contributed by atoms with E-state index in [0.29, 0.717) is 23.8 Å². The molecule has 7 heteroatoms. The Morgan fingerprint density at radius 3 is 2.48 bits per heavy atom. The minimum atomic E-state index is -0.254. The number of hydrogen-bond donors (Lipinski definition) is 2. The fourth-order valence-electron chi connectivity index (χ4n) is 2.33. The lowest BCUT2D eigenvalue weighted by molar-refractivity contribution is 0.0949. The molecule has 3 rings (SSSR count). The van der Waals surface area contributed by atoms with Gasteiger partial charge in [-0.15, -0.1) is 0 Å². The van der Waals surface area contributed by atoms with Gasteiger partial charge in [-0.05, 0) is 38.1 Å². The Balaban J connectivity index is 1.63. The molecule has 0 fully saturated rings. The summed E-state index contributed by atoms with van der Waals surface area (Å²) in [7, 11) is 0. The predicted molar refractivity (Wildman–Crippen MR) is 103 cm³/mol. The maximum atomic E-state index is 12.2. The third kappa shape index (κ3) is 5.24. The molecule has 27 heavy (non-hydrogen) atoms. The zero-order chi connectivity index (χ0) is 19.1. The first-order chi connectivity index (χ1) is 13.1. The van der Waals surface area contributed by atoms with E-state index in [1.807, 2.05) is 56.3 Å². The molecular formula is C20H21N5O2. The number of carbonyl (C=O) groups excluding carboxylic acids is 1. The standard InChI is InChI=1S/C20H21N5O2/c1-14(2)27-18-9-4-3-8-17(18)25-20-23-11-15(12-24-20)19(26)22-13-16-7-5-6-10-21-16/h3-12,14H,13H2,1-2H3,(H,22,26)(H,23,24,25). The van der Waals surface area contributed by atoms with Crippen LogP contribution in [0.4, 0.5) is 11.6 Å². The molecule has 0 saturated carbocycles. The molecule has 0 radical (unpaired) electrons. The first kappa shape index (κ1) is 18.3. The van der Waals surface area contributed by atoms with Crippen molar-refractivity contribution in [2.45, 2.75) is 26.5 Å². The summed E-state index contributed by atoms with van der Waals surface area (Å²) in [6.07, 6.45) is 4.70. The molecule has 1 aromatic carbocycles. The highest BCUT2D eigenvalue weighted by Gasteiger charge is 2.09. The van der Waals surface area contributed by atoms with Gasteiger partial charge in [0.05, 0.1) is 29.6 Å². The Labute approximate surface area is 157 Å². The number of amides is 1. The van der Waals surface area contributed by atoms with Crippen LogP contribution < -0.4 is 15.4 Å². The maximum Gasteiger partial charge on any atom is 0.254 e. The molecule has 7 nitrogen and oxygen atoms in total. The number of rotatable bonds is 7. The van der Waals surface area contributed by atoms with Gasteiger partial charge in [0.1, 0.15) is 5.75 Å². The number of hydrogen-bond acceptors (Lipinski definition) is 6. The number of nitrogens with one attached hydrogen (secondary N) is 2. The second-order valence-electron chi connectivity index (χ2n) is 6.09. The van der Waals surface area contributed by atoms with E-state index in [9.17, 15) is 4.79 Å². The SMILES string of the molecule is CC(C)Oc1ccccc1Nc1ncc(C(=O)NCc2ccccn2)cn1. The summed E-state index contributed by atoms with van der Waals surface area (Å²) in [4.78, 5) is 24.8. The van der Waals surface area contributed by atoms with Crippen LogP contribution in [0.25, 0.3) is 0 Å². The molecule has 0 atom stereocenters. The Bertz CT molecular complexity index is 882. The Kier molecular flexibility index (Phi) is 5.94. The summed E-state index contributed by atoms with van der Waals surface area (Å²) in [5.41, 5.74) is 1.92. The van der Waals surface area contributed by atoms with Crippen molar-refractivity contribution in [1.29, 1.82) is 0 Å². The van der Waals surface area contributed by atoms with Crippen molar-refractivity contribution in [2.75, 3.05) is 5.32 Å². The molecular weight excluding hydrogens is 342 g/mol. The number of ether oxygens (including phenoxy) is 1. The van der Waals surface area contributed by atoms with E-state index >= 15 is 0 Å². The zero-order valence-electron chi connectivity index (χ0n) is 15.2. The van der Waals surface area contributed by atoms with E-state index in [1.54, 1.807) is 6.20 Å². The zero-order valence-corrected chi connectivity index (χ0v) is 15.2. The van der Waals surface area contributed by atoms with Gasteiger partial charge in [-0.3, -0.25) is 9.78 Å². The number of nitrogens with zero attached hydrogens (tertiary/aromatic N) is 3. The lowest BCUT2D eigenvalue weighted by Gasteiger charge is -2.14. The van der Waals surface area contributed by atoms with Crippen LogP contribution in [0.5, 0.6) is 5.75 Å². The van der Waals surface area contributed by atoms with Crippen LogP contribution in [0.2, 0.25) is 0 Å². The lowest BCUT2D eigenvalue weighted by atomic mass is 10.3. The number of anilines is 2. The molecule has 0 aliphatic rings. The van der Waals surface area contributed by atoms with Crippen molar-refractivity contribution < 1.29 is 9.53 Å². The van der Waals surface area contributed by atoms with Gasteiger partial charge < -0.3 is 15.4 Å². The van der Waals surface area contributed by atoms with Crippen molar-refractivity contribution in [1.82, 2.24) is 20.3 Å². The largest absolute Gasteiger partial charge is 0.489 e. The van der Waals surface area contributed by atoms with Gasteiger partial charge in [0.2, 0.25) is 5.95 Å². The molecule has 0 bridgehead atoms. The van der Waals surface area contributed by atoms with Crippen LogP contribution in [0.15, 0.2) is 61.1 Å². The highest BCUT2D eigenvalue weighted by Crippen LogP contribution is 2.26. The van der Waals surface area contributed by atoms with Gasteiger partial charge in [0.25, 0.3) is 5.91 Å². The predicted octanol–water partition coefficient (Wildman–Crippen LogP) is 3.33. The minimum absolute atomic E-state index is 0.0547. The number of para-hydroxylation sites is 2. The van der Waals surface area contributed by atoms with Gasteiger partial charge in [-0.1, -0.05) is 18.2 Å². The molecule has 1 amide bonds. The smallest absolute Gasteiger partial charge is 0.254 e. The van der Waals surface area contributed by atoms with Gasteiger partial charge >= 0.3 is 0 Å². The van der Waals surface area contributed by atoms with E-state index in [-0.39, 0.29) is 12.0 Å². The number of benzene rings is 1. The molecule has 138 valence electrons. The molecule has 0 aliphatic heterocycles. The fourth-order valence-corrected chi connectivity index (χ4v) is 2.33. The molecule has 3 aromatic rings. The van der Waals surface area contributed by atoms with Crippen LogP contribution in [-0.4, -0.2) is 27.0 Å². The molecule has 2 heterocycles. The van der Waals surface area contributed by atoms with Crippen LogP contribution in [0.3, 0.4) is 0 Å². The van der Waals surface area contributed by atoms with E-state index in [2.05, 4.69) is 25.6 Å². The minimum Gasteiger partial charge on any atom is -0.489 e. The number of aromatic nitrogens is 3. The summed E-state index contributed by atoms with van der Waals surface area (Å²) in [5, 5.41) is 5.91. The van der Waals surface area contributed by atoms with Crippen molar-refractivity contribution in [3.05, 3.63) is 72.3 Å². The van der Waals surface area contributed by atoms with E-state index in [4.69, 9.17) is 4.74 Å². The Morgan fingerprint density at radius 2 is 1.78 bits per heavy atom. The van der Waals surface area contributed by atoms with Crippen molar-refractivity contribution in [3.8, 4) is 5.75 Å². The van der Waals surface area contributed by atoms with Gasteiger partial charge in [-0.25, -0.2) is 9.97 Å². The maximum absolute atomic E-state index is 12.2. The van der Waals surface area contributed by atoms with Crippen LogP contribution in [0.1, 0.15) is 29.9 Å². The molecule has 2 aromatic heterocycles. The van der Waals surface area contributed by atoms with Gasteiger partial charge in [-0.2, -0.15) is 0 Å². The summed E-state index contributed by atoms with van der Waals surface area (Å²) >= 11 is 0. The molecule has 2 N–H and O–H groups in total. The van der Waals surface area contributed by atoms with Crippen molar-refractivity contribution >= 4 is 17.5 Å². The first-order valence-electron chi connectivity index (χ1n) is 8.64. The van der Waals surface area contributed by atoms with Gasteiger partial charge in [0.15, 0.2) is 0 Å². The third-order valence-corrected chi connectivity index (χ3v) is 3.57. The second kappa shape index (κ2) is 8.75. The average molecular weight is 363 g/mol. The molecule has 0 aliphatic carbocycles. The Hall–Kier alpha value is -3.48. The summed E-state index contributed by atoms with van der Waals surface area (Å²) < 4.78 is 5.77. The molecule has 0 saturated heterocycles. The topological polar surface area (TPSA) is 89.0 Å². The van der Waals surface area contributed by atoms with Crippen molar-refractivity contribution in [2.24, 2.45) is 0 Å². The van der Waals surface area contributed by atoms with Crippen molar-refractivity contribution in [3.63, 3.8) is 0 Å². The van der Waals surface area contributed by atoms with E-state index in [0.717, 1.165) is 11.4 Å². The highest BCUT2D eigenvalue weighted by molar-refractivity contribution is 5.93. The van der Waals surface area contributed by atoms with Gasteiger partial charge in [0, 0.05) is 18.6 Å². The molecule has 0 unspecified atom stereocenters. The van der Waals surface area contributed by atoms with E-state index in [1.165, 1.54) is 12.4 Å².